The number of aromatic carboxylic acids is 8. The number of benzene rings is 12. The molecule has 508 valence electrons. The van der Waals surface area contributed by atoms with Crippen molar-refractivity contribution in [2.45, 2.75) is 0 Å². The maximum atomic E-state index is 10.7. The van der Waals surface area contributed by atoms with Gasteiger partial charge in [0.25, 0.3) is 0 Å². The van der Waals surface area contributed by atoms with Crippen molar-refractivity contribution >= 4 is 69.3 Å². The lowest BCUT2D eigenvalue weighted by Crippen LogP contribution is -2.01. The van der Waals surface area contributed by atoms with Gasteiger partial charge in [-0.3, -0.25) is 0 Å². The minimum absolute atomic E-state index is 0.0186. The van der Waals surface area contributed by atoms with Crippen molar-refractivity contribution in [3.05, 3.63) is 311 Å². The second-order valence-electron chi connectivity index (χ2n) is 20.4. The summed E-state index contributed by atoms with van der Waals surface area (Å²) in [6.07, 6.45) is 0. The normalized spacial score (nSPS) is 9.76. The van der Waals surface area contributed by atoms with Gasteiger partial charge in [-0.1, -0.05) is 84.9 Å². The van der Waals surface area contributed by atoms with E-state index in [1.807, 2.05) is 24.3 Å². The van der Waals surface area contributed by atoms with Gasteiger partial charge in [-0.2, -0.15) is 0 Å². The second kappa shape index (κ2) is 37.3. The number of phenolic OH excluding ortho intramolecular Hbond substituents is 8. The third kappa shape index (κ3) is 25.3. The van der Waals surface area contributed by atoms with Gasteiger partial charge in [-0.05, 0) is 220 Å². The van der Waals surface area contributed by atoms with Crippen molar-refractivity contribution in [3.63, 3.8) is 0 Å². The average molecular weight is 1360 g/mol. The van der Waals surface area contributed by atoms with Crippen LogP contribution in [0.3, 0.4) is 0 Å². The fourth-order valence-electron chi connectivity index (χ4n) is 8.14. The van der Waals surface area contributed by atoms with E-state index in [0.29, 0.717) is 10.8 Å². The Balaban J connectivity index is 0.000000208. The number of fused-ring (bicyclic) bond motifs is 2. The first-order valence-electron chi connectivity index (χ1n) is 28.7. The Morgan fingerprint density at radius 2 is 0.340 bits per heavy atom. The van der Waals surface area contributed by atoms with Crippen LogP contribution in [0.5, 0.6) is 46.0 Å². The van der Waals surface area contributed by atoms with E-state index in [4.69, 9.17) is 81.7 Å². The first kappa shape index (κ1) is 76.0. The molecule has 0 aromatic heterocycles. The van der Waals surface area contributed by atoms with Crippen LogP contribution in [0.25, 0.3) is 43.8 Å². The molecule has 24 heteroatoms. The molecule has 0 aliphatic rings. The molecule has 16 N–H and O–H groups in total. The molecule has 0 aliphatic carbocycles. The topological polar surface area (TPSA) is 460 Å². The highest BCUT2D eigenvalue weighted by molar-refractivity contribution is 5.98. The van der Waals surface area contributed by atoms with Crippen molar-refractivity contribution in [2.75, 3.05) is 0 Å². The standard InChI is InChI=1S/C14H10O4.C12H8O4.C12H10O2.C10H8O2.2C8H6O4.2C6H6O2/c15-13(16)11-5-1-9(2-6-11)10-3-7-12(8-4-10)14(17)18;13-11(14)9-3-1-7-5-10(12(15)16)4-2-8(7)6-9;13-11-5-1-9(2-6-11)10-3-7-12(14)8-4-10;11-9-3-1-7-5-10(12)4-2-8(7)6-9;9-7(10)5-1-2-6(4-3-5)8(11)12;9-7(10)5-2-1-3-6(4-5)8(11)12;7-5-1-2-6(8)4-3-5;7-5-2-1-3-6(8)4-5/h1-8H,(H,15,16)(H,17,18);1-6H,(H,13,14)(H,15,16);1-8,13-14H;1-6,11-12H;2*1-4H,(H,9,10)(H,11,12);2*1-4,7-8H. The molecule has 24 nitrogen and oxygen atoms in total. The molecule has 0 saturated heterocycles. The van der Waals surface area contributed by atoms with E-state index in [2.05, 4.69) is 0 Å². The molecule has 0 spiro atoms. The van der Waals surface area contributed by atoms with Crippen LogP contribution in [0.2, 0.25) is 0 Å². The smallest absolute Gasteiger partial charge is 0.335 e. The van der Waals surface area contributed by atoms with Crippen LogP contribution in [0.1, 0.15) is 82.9 Å². The summed E-state index contributed by atoms with van der Waals surface area (Å²) in [5, 5.41) is 143. The van der Waals surface area contributed by atoms with Crippen molar-refractivity contribution < 1.29 is 120 Å². The van der Waals surface area contributed by atoms with E-state index in [1.165, 1.54) is 133 Å². The summed E-state index contributed by atoms with van der Waals surface area (Å²) >= 11 is 0. The molecule has 0 atom stereocenters. The predicted octanol–water partition coefficient (Wildman–Crippen LogP) is 14.4. The van der Waals surface area contributed by atoms with E-state index < -0.39 is 47.8 Å². The van der Waals surface area contributed by atoms with Gasteiger partial charge in [0.05, 0.1) is 44.5 Å². The van der Waals surface area contributed by atoms with E-state index >= 15 is 0 Å². The SMILES string of the molecule is O=C(O)c1ccc(-c2ccc(C(=O)O)cc2)cc1.O=C(O)c1ccc(C(=O)O)cc1.O=C(O)c1ccc2cc(C(=O)O)ccc2c1.O=C(O)c1cccc(C(=O)O)c1.Oc1ccc(-c2ccc(O)cc2)cc1.Oc1ccc(O)cc1.Oc1ccc2cc(O)ccc2c1.Oc1cccc(O)c1. The van der Waals surface area contributed by atoms with Gasteiger partial charge < -0.3 is 81.7 Å². The number of phenols is 8. The molecule has 0 unspecified atom stereocenters. The Morgan fingerprint density at radius 1 is 0.160 bits per heavy atom. The molecule has 0 heterocycles. The maximum absolute atomic E-state index is 10.7. The fourth-order valence-corrected chi connectivity index (χ4v) is 8.14. The van der Waals surface area contributed by atoms with Crippen molar-refractivity contribution in [3.8, 4) is 68.2 Å². The quantitative estimate of drug-likeness (QED) is 0.0565. The molecular weight excluding hydrogens is 1300 g/mol. The van der Waals surface area contributed by atoms with Crippen LogP contribution in [0.15, 0.2) is 267 Å². The average Bonchev–Trinajstić information content (AvgIpc) is 0.839. The molecular formula is C76H60O24. The van der Waals surface area contributed by atoms with E-state index in [9.17, 15) is 38.4 Å². The van der Waals surface area contributed by atoms with Crippen LogP contribution in [-0.2, 0) is 0 Å². The van der Waals surface area contributed by atoms with Gasteiger partial charge in [0, 0.05) is 6.07 Å². The van der Waals surface area contributed by atoms with Gasteiger partial charge in [-0.25, -0.2) is 38.4 Å². The molecule has 100 heavy (non-hydrogen) atoms. The Labute approximate surface area is 566 Å². The summed E-state index contributed by atoms with van der Waals surface area (Å²) in [7, 11) is 0. The predicted molar refractivity (Wildman–Crippen MR) is 366 cm³/mol. The molecule has 0 bridgehead atoms. The van der Waals surface area contributed by atoms with Crippen molar-refractivity contribution in [2.24, 2.45) is 0 Å². The number of rotatable bonds is 10. The monoisotopic (exact) mass is 1360 g/mol. The highest BCUT2D eigenvalue weighted by atomic mass is 16.4. The lowest BCUT2D eigenvalue weighted by molar-refractivity contribution is 0.0679. The number of hydrogen-bond acceptors (Lipinski definition) is 16. The zero-order valence-electron chi connectivity index (χ0n) is 51.8. The van der Waals surface area contributed by atoms with E-state index in [1.54, 1.807) is 103 Å². The summed E-state index contributed by atoms with van der Waals surface area (Å²) in [6.45, 7) is 0. The molecule has 0 aliphatic heterocycles. The van der Waals surface area contributed by atoms with Crippen LogP contribution < -0.4 is 0 Å². The first-order valence-corrected chi connectivity index (χ1v) is 28.7. The molecule has 12 aromatic carbocycles. The summed E-state index contributed by atoms with van der Waals surface area (Å²) in [5.74, 6) is -6.80. The highest BCUT2D eigenvalue weighted by Gasteiger charge is 2.10. The Hall–Kier alpha value is -14.7. The Kier molecular flexibility index (Phi) is 28.3. The zero-order valence-corrected chi connectivity index (χ0v) is 51.8. The largest absolute Gasteiger partial charge is 0.508 e. The van der Waals surface area contributed by atoms with E-state index in [0.717, 1.165) is 39.1 Å². The lowest BCUT2D eigenvalue weighted by Gasteiger charge is -2.03. The molecule has 12 rings (SSSR count). The van der Waals surface area contributed by atoms with Gasteiger partial charge in [0.1, 0.15) is 46.0 Å². The minimum Gasteiger partial charge on any atom is -0.508 e. The Morgan fingerprint density at radius 3 is 0.590 bits per heavy atom. The third-order valence-electron chi connectivity index (χ3n) is 13.2. The van der Waals surface area contributed by atoms with Gasteiger partial charge in [-0.15, -0.1) is 0 Å². The summed E-state index contributed by atoms with van der Waals surface area (Å²) < 4.78 is 0. The number of carbonyl (C=O) groups is 8. The number of aromatic hydroxyl groups is 8. The van der Waals surface area contributed by atoms with Crippen LogP contribution in [0.4, 0.5) is 0 Å². The third-order valence-corrected chi connectivity index (χ3v) is 13.2. The van der Waals surface area contributed by atoms with Crippen molar-refractivity contribution in [1.82, 2.24) is 0 Å². The van der Waals surface area contributed by atoms with Gasteiger partial charge in [0.15, 0.2) is 0 Å². The second-order valence-corrected chi connectivity index (χ2v) is 20.4. The van der Waals surface area contributed by atoms with Gasteiger partial charge >= 0.3 is 47.8 Å². The molecule has 0 amide bonds. The molecule has 0 saturated carbocycles. The molecule has 0 radical (unpaired) electrons. The van der Waals surface area contributed by atoms with Crippen LogP contribution in [-0.4, -0.2) is 129 Å². The van der Waals surface area contributed by atoms with Crippen LogP contribution in [0, 0.1) is 0 Å². The summed E-state index contributed by atoms with van der Waals surface area (Å²) in [6, 6.07) is 67.7. The zero-order chi connectivity index (χ0) is 73.6. The van der Waals surface area contributed by atoms with Crippen LogP contribution >= 0.6 is 0 Å². The highest BCUT2D eigenvalue weighted by Crippen LogP contribution is 2.26. The van der Waals surface area contributed by atoms with Crippen molar-refractivity contribution in [1.29, 1.82) is 0 Å². The Bertz CT molecular complexity index is 4490. The molecule has 12 aromatic rings. The van der Waals surface area contributed by atoms with Gasteiger partial charge in [0.2, 0.25) is 0 Å². The fraction of sp³-hybridized carbons (Fsp3) is 0. The van der Waals surface area contributed by atoms with E-state index in [-0.39, 0.29) is 90.5 Å². The minimum atomic E-state index is -1.13. The number of carboxylic acids is 8. The summed E-state index contributed by atoms with van der Waals surface area (Å²) in [5.41, 5.74) is 4.68. The molecule has 0 fully saturated rings. The first-order chi connectivity index (χ1) is 47.5. The number of hydrogen-bond donors (Lipinski definition) is 16. The maximum Gasteiger partial charge on any atom is 0.335 e. The lowest BCUT2D eigenvalue weighted by atomic mass is 10.0. The number of carboxylic acid groups (broad SMARTS) is 8. The summed E-state index contributed by atoms with van der Waals surface area (Å²) in [4.78, 5) is 84.3.